The molecule has 1 heterocycles. The van der Waals surface area contributed by atoms with E-state index in [1.54, 1.807) is 31.4 Å². The van der Waals surface area contributed by atoms with Crippen LogP contribution in [0, 0.1) is 11.3 Å². The first-order valence-electron chi connectivity index (χ1n) is 5.34. The van der Waals surface area contributed by atoms with Crippen LogP contribution >= 0.6 is 0 Å². The molecule has 0 aliphatic heterocycles. The van der Waals surface area contributed by atoms with Crippen molar-refractivity contribution in [1.29, 1.82) is 5.26 Å². The molecule has 18 heavy (non-hydrogen) atoms. The van der Waals surface area contributed by atoms with Gasteiger partial charge < -0.3 is 9.15 Å². The van der Waals surface area contributed by atoms with Crippen molar-refractivity contribution in [3.8, 4) is 23.3 Å². The minimum Gasteiger partial charge on any atom is -0.497 e. The highest BCUT2D eigenvalue weighted by molar-refractivity contribution is 5.53. The van der Waals surface area contributed by atoms with Crippen LogP contribution in [0.5, 0.6) is 5.75 Å². The zero-order valence-electron chi connectivity index (χ0n) is 9.79. The fraction of sp³-hybridized carbons (Fsp3) is 0.250. The first kappa shape index (κ1) is 11.9. The molecule has 6 heteroatoms. The molecule has 6 nitrogen and oxygen atoms in total. The first-order chi connectivity index (χ1) is 8.74. The van der Waals surface area contributed by atoms with E-state index in [4.69, 9.17) is 14.4 Å². The molecule has 0 atom stereocenters. The van der Waals surface area contributed by atoms with Gasteiger partial charge in [-0.2, -0.15) is 9.94 Å². The maximum Gasteiger partial charge on any atom is 0.437 e. The van der Waals surface area contributed by atoms with Gasteiger partial charge in [-0.25, -0.2) is 4.79 Å². The average molecular weight is 245 g/mol. The van der Waals surface area contributed by atoms with Crippen LogP contribution in [-0.2, 0) is 6.54 Å². The van der Waals surface area contributed by atoms with E-state index in [1.807, 2.05) is 6.07 Å². The Hall–Kier alpha value is -2.55. The smallest absolute Gasteiger partial charge is 0.437 e. The van der Waals surface area contributed by atoms with Gasteiger partial charge >= 0.3 is 5.76 Å². The number of hydrogen-bond donors (Lipinski definition) is 0. The average Bonchev–Trinajstić information content (AvgIpc) is 2.78. The molecule has 0 N–H and O–H groups in total. The van der Waals surface area contributed by atoms with E-state index in [9.17, 15) is 4.79 Å². The summed E-state index contributed by atoms with van der Waals surface area (Å²) < 4.78 is 11.2. The Kier molecular flexibility index (Phi) is 3.44. The van der Waals surface area contributed by atoms with Gasteiger partial charge in [0, 0.05) is 5.56 Å². The second-order valence-corrected chi connectivity index (χ2v) is 3.53. The summed E-state index contributed by atoms with van der Waals surface area (Å²) in [6.45, 7) is 0.231. The molecular weight excluding hydrogens is 234 g/mol. The minimum atomic E-state index is -0.559. The molecule has 0 aliphatic rings. The maximum atomic E-state index is 11.4. The van der Waals surface area contributed by atoms with Crippen LogP contribution in [0.3, 0.4) is 0 Å². The van der Waals surface area contributed by atoms with Gasteiger partial charge in [0.25, 0.3) is 0 Å². The summed E-state index contributed by atoms with van der Waals surface area (Å²) in [5, 5.41) is 12.5. The maximum absolute atomic E-state index is 11.4. The Bertz CT molecular complexity index is 619. The number of rotatable bonds is 4. The Balaban J connectivity index is 2.28. The standard InChI is InChI=1S/C12H11N3O3/c1-17-10-5-3-9(4-6-10)11-14-15(8-2-7-13)12(16)18-11/h3-6H,2,8H2,1H3. The van der Waals surface area contributed by atoms with Crippen molar-refractivity contribution in [2.24, 2.45) is 0 Å². The van der Waals surface area contributed by atoms with Crippen molar-refractivity contribution in [1.82, 2.24) is 9.78 Å². The Morgan fingerprint density at radius 3 is 2.78 bits per heavy atom. The largest absolute Gasteiger partial charge is 0.497 e. The lowest BCUT2D eigenvalue weighted by Gasteiger charge is -1.99. The summed E-state index contributed by atoms with van der Waals surface area (Å²) in [5.74, 6) is 0.390. The third-order valence-corrected chi connectivity index (χ3v) is 2.38. The van der Waals surface area contributed by atoms with E-state index in [-0.39, 0.29) is 18.9 Å². The predicted molar refractivity (Wildman–Crippen MR) is 63.0 cm³/mol. The van der Waals surface area contributed by atoms with Gasteiger partial charge in [-0.05, 0) is 24.3 Å². The van der Waals surface area contributed by atoms with Gasteiger partial charge in [0.1, 0.15) is 5.75 Å². The van der Waals surface area contributed by atoms with Crippen LogP contribution in [0.4, 0.5) is 0 Å². The van der Waals surface area contributed by atoms with Gasteiger partial charge in [-0.1, -0.05) is 0 Å². The molecule has 1 aromatic heterocycles. The Morgan fingerprint density at radius 2 is 2.17 bits per heavy atom. The van der Waals surface area contributed by atoms with E-state index < -0.39 is 5.76 Å². The third-order valence-electron chi connectivity index (χ3n) is 2.38. The summed E-state index contributed by atoms with van der Waals surface area (Å²) in [5.41, 5.74) is 0.684. The van der Waals surface area contributed by atoms with E-state index >= 15 is 0 Å². The number of ether oxygens (including phenoxy) is 1. The van der Waals surface area contributed by atoms with Crippen molar-refractivity contribution < 1.29 is 9.15 Å². The molecule has 0 fully saturated rings. The third kappa shape index (κ3) is 2.40. The number of aromatic nitrogens is 2. The molecule has 0 unspecified atom stereocenters. The van der Waals surface area contributed by atoms with Crippen LogP contribution in [-0.4, -0.2) is 16.9 Å². The lowest BCUT2D eigenvalue weighted by atomic mass is 10.2. The summed E-state index contributed by atoms with van der Waals surface area (Å²) in [4.78, 5) is 11.4. The Labute approximate surface area is 103 Å². The molecule has 92 valence electrons. The van der Waals surface area contributed by atoms with Gasteiger partial charge in [-0.3, -0.25) is 0 Å². The van der Waals surface area contributed by atoms with Crippen molar-refractivity contribution in [3.05, 3.63) is 34.8 Å². The van der Waals surface area contributed by atoms with E-state index in [0.29, 0.717) is 11.3 Å². The summed E-state index contributed by atoms with van der Waals surface area (Å²) in [6.07, 6.45) is 0.217. The molecule has 0 saturated carbocycles. The van der Waals surface area contributed by atoms with E-state index in [1.165, 1.54) is 0 Å². The molecule has 0 amide bonds. The van der Waals surface area contributed by atoms with Crippen molar-refractivity contribution in [3.63, 3.8) is 0 Å². The second kappa shape index (κ2) is 5.19. The molecule has 2 aromatic rings. The quantitative estimate of drug-likeness (QED) is 0.813. The van der Waals surface area contributed by atoms with Crippen LogP contribution in [0.25, 0.3) is 11.5 Å². The fourth-order valence-corrected chi connectivity index (χ4v) is 1.45. The number of hydrogen-bond acceptors (Lipinski definition) is 5. The van der Waals surface area contributed by atoms with Crippen LogP contribution < -0.4 is 10.5 Å². The zero-order valence-corrected chi connectivity index (χ0v) is 9.79. The highest BCUT2D eigenvalue weighted by atomic mass is 16.5. The summed E-state index contributed by atoms with van der Waals surface area (Å²) in [6, 6.07) is 8.95. The SMILES string of the molecule is COc1ccc(-c2nn(CCC#N)c(=O)o2)cc1. The van der Waals surface area contributed by atoms with Gasteiger partial charge in [0.15, 0.2) is 0 Å². The van der Waals surface area contributed by atoms with E-state index in [0.717, 1.165) is 4.68 Å². The number of nitriles is 1. The monoisotopic (exact) mass is 245 g/mol. The topological polar surface area (TPSA) is 81.0 Å². The number of benzene rings is 1. The lowest BCUT2D eigenvalue weighted by molar-refractivity contribution is 0.415. The van der Waals surface area contributed by atoms with Crippen LogP contribution in [0.2, 0.25) is 0 Å². The molecule has 0 aliphatic carbocycles. The van der Waals surface area contributed by atoms with Gasteiger partial charge in [-0.15, -0.1) is 5.10 Å². The lowest BCUT2D eigenvalue weighted by Crippen LogP contribution is -2.15. The minimum absolute atomic E-state index is 0.217. The summed E-state index contributed by atoms with van der Waals surface area (Å²) >= 11 is 0. The zero-order chi connectivity index (χ0) is 13.0. The van der Waals surface area contributed by atoms with Gasteiger partial charge in [0.2, 0.25) is 5.89 Å². The van der Waals surface area contributed by atoms with Gasteiger partial charge in [0.05, 0.1) is 26.1 Å². The predicted octanol–water partition coefficient (Wildman–Crippen LogP) is 1.43. The van der Waals surface area contributed by atoms with Crippen molar-refractivity contribution in [2.45, 2.75) is 13.0 Å². The second-order valence-electron chi connectivity index (χ2n) is 3.53. The molecular formula is C12H11N3O3. The van der Waals surface area contributed by atoms with Crippen molar-refractivity contribution >= 4 is 0 Å². The summed E-state index contributed by atoms with van der Waals surface area (Å²) in [7, 11) is 1.58. The van der Waals surface area contributed by atoms with Crippen LogP contribution in [0.1, 0.15) is 6.42 Å². The Morgan fingerprint density at radius 1 is 1.44 bits per heavy atom. The van der Waals surface area contributed by atoms with E-state index in [2.05, 4.69) is 5.10 Å². The molecule has 1 aromatic carbocycles. The molecule has 2 rings (SSSR count). The van der Waals surface area contributed by atoms with Crippen LogP contribution in [0.15, 0.2) is 33.5 Å². The molecule has 0 spiro atoms. The van der Waals surface area contributed by atoms with Crippen molar-refractivity contribution in [2.75, 3.05) is 7.11 Å². The molecule has 0 bridgehead atoms. The number of nitrogens with zero attached hydrogens (tertiary/aromatic N) is 3. The molecule has 0 radical (unpaired) electrons. The molecule has 0 saturated heterocycles. The first-order valence-corrected chi connectivity index (χ1v) is 5.34. The highest BCUT2D eigenvalue weighted by Crippen LogP contribution is 2.19. The normalized spacial score (nSPS) is 10.0. The number of methoxy groups -OCH3 is 1. The number of aryl methyl sites for hydroxylation is 1. The highest BCUT2D eigenvalue weighted by Gasteiger charge is 2.09. The fourth-order valence-electron chi connectivity index (χ4n) is 1.45.